The van der Waals surface area contributed by atoms with Crippen molar-refractivity contribution in [1.29, 1.82) is 0 Å². The second-order valence-electron chi connectivity index (χ2n) is 12.0. The highest BCUT2D eigenvalue weighted by Gasteiger charge is 2.58. The van der Waals surface area contributed by atoms with Gasteiger partial charge in [0.15, 0.2) is 5.75 Å². The molecule has 5 aromatic rings. The number of anilines is 4. The molecule has 0 radical (unpaired) electrons. The number of hydrogen-bond acceptors (Lipinski definition) is 4. The van der Waals surface area contributed by atoms with Gasteiger partial charge < -0.3 is 14.5 Å². The normalized spacial score (nSPS) is 19.4. The van der Waals surface area contributed by atoms with E-state index in [9.17, 15) is 0 Å². The first-order chi connectivity index (χ1) is 20.5. The van der Waals surface area contributed by atoms with Gasteiger partial charge in [-0.1, -0.05) is 78.9 Å². The summed E-state index contributed by atoms with van der Waals surface area (Å²) in [5.41, 5.74) is 8.22. The summed E-state index contributed by atoms with van der Waals surface area (Å²) in [7, 11) is 2.11. The van der Waals surface area contributed by atoms with E-state index in [2.05, 4.69) is 146 Å². The molecule has 2 heterocycles. The number of aliphatic imine (C=N–C) groups is 1. The molecule has 1 aliphatic carbocycles. The topological polar surface area (TPSA) is 28.1 Å². The molecule has 0 fully saturated rings. The van der Waals surface area contributed by atoms with E-state index in [1.807, 2.05) is 6.21 Å². The molecular formula is C38H33N3O. The SMILES string of the molecule is CN1c2ccccc2C(C)(C)C12C=Nc1cc(N(c3ccccc3)c3ccc4c(c3)C=CCC4)c3ccccc3c1O2. The highest BCUT2D eigenvalue weighted by Crippen LogP contribution is 2.56. The van der Waals surface area contributed by atoms with Crippen molar-refractivity contribution in [3.05, 3.63) is 126 Å². The summed E-state index contributed by atoms with van der Waals surface area (Å²) in [6.45, 7) is 4.51. The first kappa shape index (κ1) is 24.9. The number of para-hydroxylation sites is 2. The Morgan fingerprint density at radius 3 is 2.40 bits per heavy atom. The Labute approximate surface area is 247 Å². The number of allylic oxidation sites excluding steroid dienone is 1. The Hall–Kier alpha value is -4.83. The van der Waals surface area contributed by atoms with Crippen LogP contribution in [-0.4, -0.2) is 19.0 Å². The fourth-order valence-corrected chi connectivity index (χ4v) is 7.13. The predicted octanol–water partition coefficient (Wildman–Crippen LogP) is 9.49. The van der Waals surface area contributed by atoms with Crippen LogP contribution in [0.15, 0.2) is 114 Å². The highest BCUT2D eigenvalue weighted by molar-refractivity contribution is 6.06. The minimum absolute atomic E-state index is 0.313. The number of fused-ring (bicyclic) bond motifs is 5. The minimum atomic E-state index is -0.738. The molecule has 0 bridgehead atoms. The molecule has 206 valence electrons. The van der Waals surface area contributed by atoms with Crippen LogP contribution in [0.4, 0.5) is 28.4 Å². The van der Waals surface area contributed by atoms with Crippen molar-refractivity contribution in [2.75, 3.05) is 16.8 Å². The minimum Gasteiger partial charge on any atom is -0.459 e. The lowest BCUT2D eigenvalue weighted by Gasteiger charge is -2.45. The van der Waals surface area contributed by atoms with Crippen LogP contribution in [0.5, 0.6) is 5.75 Å². The van der Waals surface area contributed by atoms with Crippen molar-refractivity contribution in [3.63, 3.8) is 0 Å². The van der Waals surface area contributed by atoms with Crippen LogP contribution in [0.2, 0.25) is 0 Å². The smallest absolute Gasteiger partial charge is 0.228 e. The molecule has 42 heavy (non-hydrogen) atoms. The quantitative estimate of drug-likeness (QED) is 0.225. The highest BCUT2D eigenvalue weighted by atomic mass is 16.5. The van der Waals surface area contributed by atoms with E-state index in [0.717, 1.165) is 52.1 Å². The van der Waals surface area contributed by atoms with Crippen LogP contribution in [0.25, 0.3) is 16.8 Å². The Morgan fingerprint density at radius 2 is 1.57 bits per heavy atom. The number of rotatable bonds is 3. The summed E-state index contributed by atoms with van der Waals surface area (Å²) < 4.78 is 7.17. The van der Waals surface area contributed by atoms with E-state index < -0.39 is 5.72 Å². The molecule has 4 heteroatoms. The molecule has 0 saturated carbocycles. The van der Waals surface area contributed by atoms with Gasteiger partial charge in [0.25, 0.3) is 0 Å². The van der Waals surface area contributed by atoms with Crippen molar-refractivity contribution in [3.8, 4) is 5.75 Å². The van der Waals surface area contributed by atoms with E-state index in [-0.39, 0.29) is 5.41 Å². The number of benzene rings is 5. The standard InChI is InChI=1S/C38H33N3O/c1-37(2)32-19-11-12-20-34(32)40(3)38(37)25-39-33-24-35(30-17-9-10-18-31(30)36(33)42-38)41(28-15-5-4-6-16-28)29-22-21-26-13-7-8-14-27(26)23-29/h4-6,8-12,14-25H,7,13H2,1-3H3. The second-order valence-corrected chi connectivity index (χ2v) is 12.0. The van der Waals surface area contributed by atoms with Crippen LogP contribution in [-0.2, 0) is 11.8 Å². The molecule has 1 atom stereocenters. The van der Waals surface area contributed by atoms with Gasteiger partial charge >= 0.3 is 0 Å². The zero-order valence-corrected chi connectivity index (χ0v) is 24.2. The summed E-state index contributed by atoms with van der Waals surface area (Å²) in [6.07, 6.45) is 8.73. The third-order valence-corrected chi connectivity index (χ3v) is 9.44. The Kier molecular flexibility index (Phi) is 5.39. The molecule has 5 aromatic carbocycles. The lowest BCUT2D eigenvalue weighted by molar-refractivity contribution is 0.0842. The van der Waals surface area contributed by atoms with Gasteiger partial charge in [-0.3, -0.25) is 4.99 Å². The van der Waals surface area contributed by atoms with Gasteiger partial charge in [-0.2, -0.15) is 0 Å². The largest absolute Gasteiger partial charge is 0.459 e. The summed E-state index contributed by atoms with van der Waals surface area (Å²) in [5, 5.41) is 2.18. The van der Waals surface area contributed by atoms with Gasteiger partial charge in [-0.25, -0.2) is 0 Å². The molecule has 0 N–H and O–H groups in total. The maximum absolute atomic E-state index is 7.17. The van der Waals surface area contributed by atoms with Crippen LogP contribution < -0.4 is 14.5 Å². The number of nitrogens with zero attached hydrogens (tertiary/aromatic N) is 3. The molecule has 0 aromatic heterocycles. The molecule has 0 saturated heterocycles. The Balaban J connectivity index is 1.33. The number of hydrogen-bond donors (Lipinski definition) is 0. The van der Waals surface area contributed by atoms with Gasteiger partial charge in [-0.05, 0) is 79.8 Å². The molecule has 1 spiro atoms. The molecular weight excluding hydrogens is 514 g/mol. The second kappa shape index (κ2) is 9.09. The van der Waals surface area contributed by atoms with Crippen molar-refractivity contribution >= 4 is 51.5 Å². The van der Waals surface area contributed by atoms with Gasteiger partial charge in [-0.15, -0.1) is 0 Å². The first-order valence-electron chi connectivity index (χ1n) is 14.8. The maximum Gasteiger partial charge on any atom is 0.228 e. The van der Waals surface area contributed by atoms with Gasteiger partial charge in [0, 0.05) is 34.9 Å². The predicted molar refractivity (Wildman–Crippen MR) is 175 cm³/mol. The average molecular weight is 548 g/mol. The molecule has 0 amide bonds. The molecule has 2 aliphatic heterocycles. The zero-order chi connectivity index (χ0) is 28.5. The summed E-state index contributed by atoms with van der Waals surface area (Å²) >= 11 is 0. The van der Waals surface area contributed by atoms with Gasteiger partial charge in [0.2, 0.25) is 5.72 Å². The van der Waals surface area contributed by atoms with E-state index in [1.54, 1.807) is 0 Å². The van der Waals surface area contributed by atoms with Crippen molar-refractivity contribution in [2.45, 2.75) is 37.8 Å². The summed E-state index contributed by atoms with van der Waals surface area (Å²) in [6, 6.07) is 36.8. The molecule has 8 rings (SSSR count). The average Bonchev–Trinajstić information content (AvgIpc) is 3.20. The zero-order valence-electron chi connectivity index (χ0n) is 24.2. The first-order valence-corrected chi connectivity index (χ1v) is 14.8. The fraction of sp³-hybridized carbons (Fsp3) is 0.184. The number of aryl methyl sites for hydroxylation is 1. The van der Waals surface area contributed by atoms with Crippen LogP contribution in [0, 0.1) is 0 Å². The van der Waals surface area contributed by atoms with E-state index in [1.165, 1.54) is 22.4 Å². The van der Waals surface area contributed by atoms with Crippen LogP contribution in [0.1, 0.15) is 37.0 Å². The number of ether oxygens (including phenoxy) is 1. The van der Waals surface area contributed by atoms with Crippen molar-refractivity contribution < 1.29 is 4.74 Å². The Bertz CT molecular complexity index is 1920. The van der Waals surface area contributed by atoms with Crippen LogP contribution in [0.3, 0.4) is 0 Å². The fourth-order valence-electron chi connectivity index (χ4n) is 7.13. The summed E-state index contributed by atoms with van der Waals surface area (Å²) in [4.78, 5) is 9.78. The van der Waals surface area contributed by atoms with Crippen molar-refractivity contribution in [1.82, 2.24) is 0 Å². The number of likely N-dealkylation sites (N-methyl/N-ethyl adjacent to an activating group) is 1. The Morgan fingerprint density at radius 1 is 0.810 bits per heavy atom. The maximum atomic E-state index is 7.17. The van der Waals surface area contributed by atoms with Crippen LogP contribution >= 0.6 is 0 Å². The molecule has 4 nitrogen and oxygen atoms in total. The van der Waals surface area contributed by atoms with Gasteiger partial charge in [0.1, 0.15) is 5.69 Å². The lowest BCUT2D eigenvalue weighted by atomic mass is 9.77. The third kappa shape index (κ3) is 3.45. The molecule has 3 aliphatic rings. The lowest BCUT2D eigenvalue weighted by Crippen LogP contribution is -2.61. The monoisotopic (exact) mass is 547 g/mol. The summed E-state index contributed by atoms with van der Waals surface area (Å²) in [5.74, 6) is 0.825. The van der Waals surface area contributed by atoms with Gasteiger partial charge in [0.05, 0.1) is 17.3 Å². The third-order valence-electron chi connectivity index (χ3n) is 9.44. The van der Waals surface area contributed by atoms with E-state index in [0.29, 0.717) is 0 Å². The molecule has 1 unspecified atom stereocenters. The van der Waals surface area contributed by atoms with E-state index in [4.69, 9.17) is 9.73 Å². The van der Waals surface area contributed by atoms with Crippen molar-refractivity contribution in [2.24, 2.45) is 4.99 Å². The van der Waals surface area contributed by atoms with E-state index >= 15 is 0 Å².